The van der Waals surface area contributed by atoms with Gasteiger partial charge in [-0.2, -0.15) is 0 Å². The molecule has 116 valence electrons. The number of benzene rings is 1. The number of ketones is 1. The molecular weight excluding hydrogens is 278 g/mol. The van der Waals surface area contributed by atoms with E-state index in [0.29, 0.717) is 5.56 Å². The van der Waals surface area contributed by atoms with E-state index in [4.69, 9.17) is 4.74 Å². The first-order valence-electron chi connectivity index (χ1n) is 7.90. The molecule has 0 amide bonds. The van der Waals surface area contributed by atoms with Crippen LogP contribution in [0.15, 0.2) is 24.3 Å². The molecule has 0 bridgehead atoms. The third-order valence-corrected chi connectivity index (χ3v) is 4.49. The van der Waals surface area contributed by atoms with Crippen molar-refractivity contribution in [1.29, 1.82) is 0 Å². The number of nitrogens with one attached hydrogen (secondary N) is 1. The molecule has 1 aromatic heterocycles. The van der Waals surface area contributed by atoms with E-state index < -0.39 is 6.10 Å². The molecule has 1 N–H and O–H groups in total. The summed E-state index contributed by atoms with van der Waals surface area (Å²) in [5.41, 5.74) is 2.37. The first kappa shape index (κ1) is 14.8. The molecule has 1 saturated carbocycles. The molecule has 4 heteroatoms. The maximum atomic E-state index is 12.7. The highest BCUT2D eigenvalue weighted by Gasteiger charge is 2.29. The van der Waals surface area contributed by atoms with Crippen molar-refractivity contribution in [3.63, 3.8) is 0 Å². The third-order valence-electron chi connectivity index (χ3n) is 4.49. The van der Waals surface area contributed by atoms with Crippen LogP contribution in [0.4, 0.5) is 0 Å². The Morgan fingerprint density at radius 1 is 1.23 bits per heavy atom. The fraction of sp³-hybridized carbons (Fsp3) is 0.444. The molecule has 1 aromatic carbocycles. The second-order valence-corrected chi connectivity index (χ2v) is 6.10. The van der Waals surface area contributed by atoms with E-state index in [1.807, 2.05) is 31.2 Å². The van der Waals surface area contributed by atoms with E-state index in [1.165, 1.54) is 0 Å². The Morgan fingerprint density at radius 2 is 1.91 bits per heavy atom. The minimum Gasteiger partial charge on any atom is -0.454 e. The average Bonchev–Trinajstić information content (AvgIpc) is 3.13. The largest absolute Gasteiger partial charge is 0.454 e. The van der Waals surface area contributed by atoms with Crippen molar-refractivity contribution in [2.45, 2.75) is 45.6 Å². The Balaban J connectivity index is 1.79. The molecule has 2 aromatic rings. The topological polar surface area (TPSA) is 59.2 Å². The average molecular weight is 299 g/mol. The normalized spacial score (nSPS) is 16.8. The number of ether oxygens (including phenoxy) is 1. The van der Waals surface area contributed by atoms with Crippen molar-refractivity contribution in [3.05, 3.63) is 35.5 Å². The summed E-state index contributed by atoms with van der Waals surface area (Å²) in [5.74, 6) is -0.392. The van der Waals surface area contributed by atoms with Gasteiger partial charge in [0.15, 0.2) is 6.10 Å². The quantitative estimate of drug-likeness (QED) is 0.690. The van der Waals surface area contributed by atoms with Gasteiger partial charge < -0.3 is 9.72 Å². The lowest BCUT2D eigenvalue weighted by molar-refractivity contribution is -0.151. The minimum atomic E-state index is -0.744. The van der Waals surface area contributed by atoms with Crippen LogP contribution in [0.3, 0.4) is 0 Å². The first-order chi connectivity index (χ1) is 10.6. The van der Waals surface area contributed by atoms with Crippen molar-refractivity contribution in [2.75, 3.05) is 0 Å². The number of carbonyl (C=O) groups excluding carboxylic acids is 2. The fourth-order valence-electron chi connectivity index (χ4n) is 3.28. The van der Waals surface area contributed by atoms with Gasteiger partial charge in [-0.1, -0.05) is 31.0 Å². The number of para-hydroxylation sites is 1. The van der Waals surface area contributed by atoms with Gasteiger partial charge in [-0.15, -0.1) is 0 Å². The van der Waals surface area contributed by atoms with Crippen LogP contribution < -0.4 is 0 Å². The molecule has 0 unspecified atom stereocenters. The monoisotopic (exact) mass is 299 g/mol. The number of hydrogen-bond acceptors (Lipinski definition) is 3. The molecule has 1 aliphatic rings. The smallest absolute Gasteiger partial charge is 0.309 e. The zero-order valence-corrected chi connectivity index (χ0v) is 13.0. The molecule has 0 saturated heterocycles. The lowest BCUT2D eigenvalue weighted by Gasteiger charge is -2.15. The lowest BCUT2D eigenvalue weighted by Crippen LogP contribution is -2.27. The van der Waals surface area contributed by atoms with E-state index in [0.717, 1.165) is 42.3 Å². The molecule has 3 rings (SSSR count). The number of carbonyl (C=O) groups is 2. The van der Waals surface area contributed by atoms with Crippen molar-refractivity contribution in [2.24, 2.45) is 5.92 Å². The summed E-state index contributed by atoms with van der Waals surface area (Å²) in [4.78, 5) is 28.0. The molecule has 0 aliphatic heterocycles. The third kappa shape index (κ3) is 2.65. The van der Waals surface area contributed by atoms with Gasteiger partial charge in [-0.3, -0.25) is 9.59 Å². The highest BCUT2D eigenvalue weighted by atomic mass is 16.5. The highest BCUT2D eigenvalue weighted by Crippen LogP contribution is 2.27. The molecule has 0 radical (unpaired) electrons. The van der Waals surface area contributed by atoms with Crippen LogP contribution in [0.2, 0.25) is 0 Å². The number of fused-ring (bicyclic) bond motifs is 1. The first-order valence-corrected chi connectivity index (χ1v) is 7.90. The van der Waals surface area contributed by atoms with Gasteiger partial charge in [0.1, 0.15) is 0 Å². The maximum Gasteiger partial charge on any atom is 0.309 e. The molecule has 1 heterocycles. The van der Waals surface area contributed by atoms with E-state index in [9.17, 15) is 9.59 Å². The molecular formula is C18H21NO3. The van der Waals surface area contributed by atoms with Crippen LogP contribution in [-0.2, 0) is 9.53 Å². The summed E-state index contributed by atoms with van der Waals surface area (Å²) in [6, 6.07) is 7.68. The Morgan fingerprint density at radius 3 is 2.64 bits per heavy atom. The fourth-order valence-corrected chi connectivity index (χ4v) is 3.28. The number of hydrogen-bond donors (Lipinski definition) is 1. The van der Waals surface area contributed by atoms with E-state index in [2.05, 4.69) is 4.98 Å². The molecule has 1 fully saturated rings. The van der Waals surface area contributed by atoms with Crippen LogP contribution in [0.1, 0.15) is 48.7 Å². The second-order valence-electron chi connectivity index (χ2n) is 6.10. The SMILES string of the molecule is Cc1[nH]c2ccccc2c1C(=O)[C@H](C)OC(=O)C1CCCC1. The van der Waals surface area contributed by atoms with Crippen LogP contribution in [0, 0.1) is 12.8 Å². The maximum absolute atomic E-state index is 12.7. The predicted octanol–water partition coefficient (Wildman–Crippen LogP) is 3.78. The number of aryl methyl sites for hydroxylation is 1. The predicted molar refractivity (Wildman–Crippen MR) is 84.9 cm³/mol. The number of aromatic amines is 1. The number of Topliss-reactive ketones (excluding diaryl/α,β-unsaturated/α-hetero) is 1. The summed E-state index contributed by atoms with van der Waals surface area (Å²) < 4.78 is 5.42. The van der Waals surface area contributed by atoms with Gasteiger partial charge in [0.2, 0.25) is 5.78 Å². The Bertz CT molecular complexity index is 710. The van der Waals surface area contributed by atoms with E-state index >= 15 is 0 Å². The highest BCUT2D eigenvalue weighted by molar-refractivity contribution is 6.11. The number of aromatic nitrogens is 1. The van der Waals surface area contributed by atoms with Gasteiger partial charge in [-0.25, -0.2) is 0 Å². The molecule has 4 nitrogen and oxygen atoms in total. The Labute approximate surface area is 129 Å². The molecule has 22 heavy (non-hydrogen) atoms. The lowest BCUT2D eigenvalue weighted by atomic mass is 10.0. The van der Waals surface area contributed by atoms with Crippen molar-refractivity contribution in [1.82, 2.24) is 4.98 Å². The Hall–Kier alpha value is -2.10. The van der Waals surface area contributed by atoms with E-state index in [-0.39, 0.29) is 17.7 Å². The summed E-state index contributed by atoms with van der Waals surface area (Å²) in [7, 11) is 0. The van der Waals surface area contributed by atoms with Gasteiger partial charge in [0.25, 0.3) is 0 Å². The van der Waals surface area contributed by atoms with Gasteiger partial charge in [0.05, 0.1) is 5.92 Å². The zero-order valence-electron chi connectivity index (χ0n) is 13.0. The summed E-state index contributed by atoms with van der Waals surface area (Å²) in [6.45, 7) is 3.54. The van der Waals surface area contributed by atoms with Crippen molar-refractivity contribution < 1.29 is 14.3 Å². The summed E-state index contributed by atoms with van der Waals surface area (Å²) in [5, 5.41) is 0.883. The molecule has 0 spiro atoms. The number of rotatable bonds is 4. The van der Waals surface area contributed by atoms with Crippen LogP contribution in [0.25, 0.3) is 10.9 Å². The summed E-state index contributed by atoms with van der Waals surface area (Å²) in [6.07, 6.45) is 3.16. The van der Waals surface area contributed by atoms with Crippen molar-refractivity contribution >= 4 is 22.7 Å². The standard InChI is InChI=1S/C18H21NO3/c1-11-16(14-9-5-6-10-15(14)19-11)17(20)12(2)22-18(21)13-7-3-4-8-13/h5-6,9-10,12-13,19H,3-4,7-8H2,1-2H3/t12-/m0/s1. The second kappa shape index (κ2) is 5.95. The van der Waals surface area contributed by atoms with Gasteiger partial charge in [0, 0.05) is 22.2 Å². The van der Waals surface area contributed by atoms with Crippen LogP contribution >= 0.6 is 0 Å². The number of H-pyrrole nitrogens is 1. The zero-order chi connectivity index (χ0) is 15.7. The van der Waals surface area contributed by atoms with Crippen LogP contribution in [-0.4, -0.2) is 22.8 Å². The van der Waals surface area contributed by atoms with Gasteiger partial charge >= 0.3 is 5.97 Å². The minimum absolute atomic E-state index is 0.0284. The van der Waals surface area contributed by atoms with Gasteiger partial charge in [-0.05, 0) is 32.8 Å². The van der Waals surface area contributed by atoms with Crippen LogP contribution in [0.5, 0.6) is 0 Å². The molecule has 1 aliphatic carbocycles. The molecule has 1 atom stereocenters. The van der Waals surface area contributed by atoms with E-state index in [1.54, 1.807) is 6.92 Å². The number of esters is 1. The van der Waals surface area contributed by atoms with Crippen molar-refractivity contribution in [3.8, 4) is 0 Å². The summed E-state index contributed by atoms with van der Waals surface area (Å²) >= 11 is 0. The Kier molecular flexibility index (Phi) is 4.01.